The maximum atomic E-state index is 13.8. The maximum absolute atomic E-state index is 13.8. The molecular weight excluding hydrogens is 205 g/mol. The van der Waals surface area contributed by atoms with Crippen molar-refractivity contribution in [2.45, 2.75) is 13.8 Å². The van der Waals surface area contributed by atoms with Gasteiger partial charge in [-0.3, -0.25) is 10.4 Å². The van der Waals surface area contributed by atoms with Crippen LogP contribution in [-0.2, 0) is 0 Å². The Kier molecular flexibility index (Phi) is 2.34. The molecule has 1 aromatic heterocycles. The largest absolute Gasteiger partial charge is 0.384 e. The molecule has 3 nitrogen and oxygen atoms in total. The molecule has 0 aliphatic carbocycles. The lowest BCUT2D eigenvalue weighted by Gasteiger charge is -2.07. The number of nitrogen functional groups attached to an aromatic ring is 1. The Morgan fingerprint density at radius 2 is 2.00 bits per heavy atom. The lowest BCUT2D eigenvalue weighted by atomic mass is 10.0. The van der Waals surface area contributed by atoms with Gasteiger partial charge in [0.1, 0.15) is 17.2 Å². The van der Waals surface area contributed by atoms with Crippen LogP contribution in [0.5, 0.6) is 0 Å². The monoisotopic (exact) mass is 217 g/mol. The highest BCUT2D eigenvalue weighted by molar-refractivity contribution is 5.99. The van der Waals surface area contributed by atoms with Crippen LogP contribution in [0.2, 0.25) is 0 Å². The van der Waals surface area contributed by atoms with Crippen molar-refractivity contribution in [1.29, 1.82) is 5.41 Å². The lowest BCUT2D eigenvalue weighted by molar-refractivity contribution is 0.636. The third-order valence-corrected chi connectivity index (χ3v) is 2.51. The van der Waals surface area contributed by atoms with Crippen LogP contribution in [0.4, 0.5) is 4.39 Å². The van der Waals surface area contributed by atoms with Crippen LogP contribution < -0.4 is 5.73 Å². The molecule has 0 atom stereocenters. The zero-order valence-corrected chi connectivity index (χ0v) is 9.13. The van der Waals surface area contributed by atoms with Crippen molar-refractivity contribution >= 4 is 16.7 Å². The zero-order valence-electron chi connectivity index (χ0n) is 9.13. The van der Waals surface area contributed by atoms with E-state index in [9.17, 15) is 4.39 Å². The summed E-state index contributed by atoms with van der Waals surface area (Å²) in [4.78, 5) is 4.15. The van der Waals surface area contributed by atoms with E-state index in [1.54, 1.807) is 6.07 Å². The number of nitrogens with one attached hydrogen (secondary N) is 1. The summed E-state index contributed by atoms with van der Waals surface area (Å²) in [5.74, 6) is -0.574. The smallest absolute Gasteiger partial charge is 0.150 e. The van der Waals surface area contributed by atoms with Crippen molar-refractivity contribution < 1.29 is 4.39 Å². The molecule has 1 aromatic carbocycles. The Morgan fingerprint density at radius 3 is 2.62 bits per heavy atom. The molecule has 16 heavy (non-hydrogen) atoms. The average Bonchev–Trinajstić information content (AvgIpc) is 2.19. The number of hydrogen-bond acceptors (Lipinski definition) is 2. The summed E-state index contributed by atoms with van der Waals surface area (Å²) >= 11 is 0. The summed E-state index contributed by atoms with van der Waals surface area (Å²) in [6.45, 7) is 3.71. The van der Waals surface area contributed by atoms with E-state index in [2.05, 4.69) is 4.98 Å². The van der Waals surface area contributed by atoms with Crippen LogP contribution in [0.3, 0.4) is 0 Å². The molecule has 0 fully saturated rings. The molecule has 0 unspecified atom stereocenters. The molecule has 0 aliphatic rings. The highest BCUT2D eigenvalue weighted by Crippen LogP contribution is 2.22. The second-order valence-electron chi connectivity index (χ2n) is 3.85. The molecule has 4 heteroatoms. The molecule has 82 valence electrons. The van der Waals surface area contributed by atoms with E-state index in [0.29, 0.717) is 16.5 Å². The molecule has 0 saturated carbocycles. The summed E-state index contributed by atoms with van der Waals surface area (Å²) in [6, 6.07) is 4.82. The Hall–Kier alpha value is -1.97. The van der Waals surface area contributed by atoms with Gasteiger partial charge in [-0.25, -0.2) is 4.39 Å². The van der Waals surface area contributed by atoms with E-state index in [4.69, 9.17) is 11.1 Å². The summed E-state index contributed by atoms with van der Waals surface area (Å²) in [7, 11) is 0. The van der Waals surface area contributed by atoms with Crippen LogP contribution >= 0.6 is 0 Å². The SMILES string of the molecule is Cc1cc(C)c2cc(C(=N)N)cc(F)c2n1. The van der Waals surface area contributed by atoms with Crippen molar-refractivity contribution in [3.05, 3.63) is 40.8 Å². The lowest BCUT2D eigenvalue weighted by Crippen LogP contribution is -2.11. The van der Waals surface area contributed by atoms with Gasteiger partial charge < -0.3 is 5.73 Å². The highest BCUT2D eigenvalue weighted by atomic mass is 19.1. The first-order valence-electron chi connectivity index (χ1n) is 4.91. The number of aryl methyl sites for hydroxylation is 2. The summed E-state index contributed by atoms with van der Waals surface area (Å²) in [5, 5.41) is 8.02. The van der Waals surface area contributed by atoms with Gasteiger partial charge in [-0.1, -0.05) is 0 Å². The van der Waals surface area contributed by atoms with Crippen LogP contribution in [0.25, 0.3) is 10.9 Å². The molecule has 0 spiro atoms. The third-order valence-electron chi connectivity index (χ3n) is 2.51. The van der Waals surface area contributed by atoms with Gasteiger partial charge in [0.15, 0.2) is 0 Å². The second kappa shape index (κ2) is 3.56. The topological polar surface area (TPSA) is 62.8 Å². The van der Waals surface area contributed by atoms with Crippen molar-refractivity contribution in [3.8, 4) is 0 Å². The predicted molar refractivity (Wildman–Crippen MR) is 62.2 cm³/mol. The number of nitrogens with zero attached hydrogens (tertiary/aromatic N) is 1. The average molecular weight is 217 g/mol. The number of amidine groups is 1. The normalized spacial score (nSPS) is 10.7. The van der Waals surface area contributed by atoms with Crippen molar-refractivity contribution in [1.82, 2.24) is 4.98 Å². The van der Waals surface area contributed by atoms with Crippen LogP contribution in [0.1, 0.15) is 16.8 Å². The van der Waals surface area contributed by atoms with Crippen LogP contribution in [0, 0.1) is 25.1 Å². The number of halogens is 1. The molecule has 0 saturated heterocycles. The van der Waals surface area contributed by atoms with Crippen LogP contribution in [-0.4, -0.2) is 10.8 Å². The minimum atomic E-state index is -0.436. The molecule has 3 N–H and O–H groups in total. The summed E-state index contributed by atoms with van der Waals surface area (Å²) in [6.07, 6.45) is 0. The summed E-state index contributed by atoms with van der Waals surface area (Å²) in [5.41, 5.74) is 7.79. The number of fused-ring (bicyclic) bond motifs is 1. The molecule has 0 bridgehead atoms. The Bertz CT molecular complexity index is 590. The number of benzene rings is 1. The van der Waals surface area contributed by atoms with Crippen molar-refractivity contribution in [2.24, 2.45) is 5.73 Å². The minimum Gasteiger partial charge on any atom is -0.384 e. The number of rotatable bonds is 1. The van der Waals surface area contributed by atoms with Gasteiger partial charge in [0.25, 0.3) is 0 Å². The van der Waals surface area contributed by atoms with Crippen molar-refractivity contribution in [3.63, 3.8) is 0 Å². The predicted octanol–water partition coefficient (Wildman–Crippen LogP) is 2.27. The minimum absolute atomic E-state index is 0.138. The van der Waals surface area contributed by atoms with E-state index in [1.165, 1.54) is 6.07 Å². The third kappa shape index (κ3) is 1.62. The molecule has 0 amide bonds. The van der Waals surface area contributed by atoms with Gasteiger partial charge in [-0.15, -0.1) is 0 Å². The van der Waals surface area contributed by atoms with E-state index in [0.717, 1.165) is 11.3 Å². The van der Waals surface area contributed by atoms with Gasteiger partial charge >= 0.3 is 0 Å². The molecule has 1 heterocycles. The van der Waals surface area contributed by atoms with E-state index in [1.807, 2.05) is 19.9 Å². The first kappa shape index (κ1) is 10.5. The number of nitrogens with two attached hydrogens (primary N) is 1. The number of hydrogen-bond donors (Lipinski definition) is 2. The first-order valence-corrected chi connectivity index (χ1v) is 4.91. The molecule has 0 radical (unpaired) electrons. The fourth-order valence-electron chi connectivity index (χ4n) is 1.77. The van der Waals surface area contributed by atoms with Gasteiger partial charge in [-0.2, -0.15) is 0 Å². The second-order valence-corrected chi connectivity index (χ2v) is 3.85. The van der Waals surface area contributed by atoms with Gasteiger partial charge in [0.2, 0.25) is 0 Å². The molecule has 2 rings (SSSR count). The fraction of sp³-hybridized carbons (Fsp3) is 0.167. The Labute approximate surface area is 92.6 Å². The Morgan fingerprint density at radius 1 is 1.31 bits per heavy atom. The highest BCUT2D eigenvalue weighted by Gasteiger charge is 2.09. The maximum Gasteiger partial charge on any atom is 0.150 e. The fourth-order valence-corrected chi connectivity index (χ4v) is 1.77. The van der Waals surface area contributed by atoms with Gasteiger partial charge in [0, 0.05) is 16.6 Å². The van der Waals surface area contributed by atoms with Gasteiger partial charge in [-0.05, 0) is 37.6 Å². The quantitative estimate of drug-likeness (QED) is 0.568. The molecular formula is C12H12FN3. The standard InChI is InChI=1S/C12H12FN3/c1-6-3-7(2)16-11-9(6)4-8(12(14)15)5-10(11)13/h3-5H,1-2H3,(H3,14,15). The molecule has 2 aromatic rings. The van der Waals surface area contributed by atoms with Gasteiger partial charge in [0.05, 0.1) is 0 Å². The van der Waals surface area contributed by atoms with E-state index >= 15 is 0 Å². The first-order chi connectivity index (χ1) is 7.49. The van der Waals surface area contributed by atoms with Crippen molar-refractivity contribution in [2.75, 3.05) is 0 Å². The van der Waals surface area contributed by atoms with E-state index < -0.39 is 5.82 Å². The number of aromatic nitrogens is 1. The van der Waals surface area contributed by atoms with E-state index in [-0.39, 0.29) is 5.84 Å². The number of pyridine rings is 1. The van der Waals surface area contributed by atoms with Crippen LogP contribution in [0.15, 0.2) is 18.2 Å². The Balaban J connectivity index is 2.87. The molecule has 0 aliphatic heterocycles. The zero-order chi connectivity index (χ0) is 11.9. The summed E-state index contributed by atoms with van der Waals surface area (Å²) < 4.78 is 13.8.